The molecule has 1 heterocycles. The molecule has 0 saturated carbocycles. The van der Waals surface area contributed by atoms with E-state index in [1.165, 1.54) is 18.2 Å². The van der Waals surface area contributed by atoms with Crippen molar-refractivity contribution in [2.24, 2.45) is 0 Å². The fourth-order valence-corrected chi connectivity index (χ4v) is 1.41. The van der Waals surface area contributed by atoms with E-state index >= 15 is 0 Å². The van der Waals surface area contributed by atoms with Gasteiger partial charge in [-0.05, 0) is 23.8 Å². The first-order valence-electron chi connectivity index (χ1n) is 4.91. The second kappa shape index (κ2) is 4.66. The number of benzene rings is 1. The first-order chi connectivity index (χ1) is 8.58. The second-order valence-corrected chi connectivity index (χ2v) is 3.41. The van der Waals surface area contributed by atoms with Crippen LogP contribution in [0.3, 0.4) is 0 Å². The molecule has 0 amide bonds. The maximum absolute atomic E-state index is 13.7. The van der Waals surface area contributed by atoms with Crippen LogP contribution in [0, 0.1) is 5.82 Å². The van der Waals surface area contributed by atoms with Crippen LogP contribution in [0.1, 0.15) is 5.56 Å². The van der Waals surface area contributed by atoms with E-state index in [1.807, 2.05) is 0 Å². The van der Waals surface area contributed by atoms with Crippen molar-refractivity contribution in [3.8, 4) is 5.69 Å². The molecule has 1 aromatic heterocycles. The van der Waals surface area contributed by atoms with Gasteiger partial charge in [0.25, 0.3) is 0 Å². The van der Waals surface area contributed by atoms with E-state index in [-0.39, 0.29) is 5.69 Å². The van der Waals surface area contributed by atoms with Crippen LogP contribution < -0.4 is 5.69 Å². The van der Waals surface area contributed by atoms with Crippen LogP contribution in [0.4, 0.5) is 4.39 Å². The van der Waals surface area contributed by atoms with E-state index in [2.05, 4.69) is 10.2 Å². The number of H-pyrrole nitrogens is 1. The van der Waals surface area contributed by atoms with Gasteiger partial charge in [0.1, 0.15) is 12.1 Å². The van der Waals surface area contributed by atoms with Gasteiger partial charge in [-0.1, -0.05) is 6.07 Å². The minimum Gasteiger partial charge on any atom is -0.478 e. The van der Waals surface area contributed by atoms with Crippen LogP contribution in [0.25, 0.3) is 11.8 Å². The molecule has 0 aliphatic carbocycles. The van der Waals surface area contributed by atoms with Crippen molar-refractivity contribution in [3.63, 3.8) is 0 Å². The SMILES string of the molecule is O=C(O)/C=C/c1ccc(-n2cn[nH]c2=O)c(F)c1. The molecule has 2 aromatic rings. The quantitative estimate of drug-likeness (QED) is 0.787. The lowest BCUT2D eigenvalue weighted by molar-refractivity contribution is -0.131. The molecule has 1 aromatic carbocycles. The molecule has 7 heteroatoms. The van der Waals surface area contributed by atoms with E-state index in [0.29, 0.717) is 5.56 Å². The first kappa shape index (κ1) is 11.8. The summed E-state index contributed by atoms with van der Waals surface area (Å²) in [5.41, 5.74) is -0.126. The van der Waals surface area contributed by atoms with E-state index in [0.717, 1.165) is 23.0 Å². The standard InChI is InChI=1S/C11H8FN3O3/c12-8-5-7(2-4-10(16)17)1-3-9(8)15-6-13-14-11(15)18/h1-6H,(H,14,18)(H,16,17)/b4-2+. The van der Waals surface area contributed by atoms with Crippen molar-refractivity contribution >= 4 is 12.0 Å². The molecule has 0 fully saturated rings. The number of carboxylic acid groups (broad SMARTS) is 1. The molecule has 0 atom stereocenters. The summed E-state index contributed by atoms with van der Waals surface area (Å²) in [5.74, 6) is -1.77. The number of halogens is 1. The van der Waals surface area contributed by atoms with Gasteiger partial charge in [0.15, 0.2) is 0 Å². The van der Waals surface area contributed by atoms with Crippen LogP contribution >= 0.6 is 0 Å². The lowest BCUT2D eigenvalue weighted by Crippen LogP contribution is -2.15. The highest BCUT2D eigenvalue weighted by atomic mass is 19.1. The number of aromatic nitrogens is 3. The Balaban J connectivity index is 2.40. The third-order valence-corrected chi connectivity index (χ3v) is 2.20. The van der Waals surface area contributed by atoms with Gasteiger partial charge in [0.05, 0.1) is 5.69 Å². The summed E-state index contributed by atoms with van der Waals surface area (Å²) in [6.45, 7) is 0. The zero-order chi connectivity index (χ0) is 13.1. The first-order valence-corrected chi connectivity index (χ1v) is 4.91. The van der Waals surface area contributed by atoms with Crippen LogP contribution in [0.15, 0.2) is 35.4 Å². The number of aliphatic carboxylic acids is 1. The molecule has 0 saturated heterocycles. The van der Waals surface area contributed by atoms with Gasteiger partial charge in [-0.15, -0.1) is 0 Å². The lowest BCUT2D eigenvalue weighted by Gasteiger charge is -2.02. The number of nitrogens with one attached hydrogen (secondary N) is 1. The van der Waals surface area contributed by atoms with E-state index in [4.69, 9.17) is 5.11 Å². The Morgan fingerprint density at radius 1 is 1.50 bits per heavy atom. The molecule has 2 N–H and O–H groups in total. The number of rotatable bonds is 3. The highest BCUT2D eigenvalue weighted by molar-refractivity contribution is 5.85. The summed E-state index contributed by atoms with van der Waals surface area (Å²) in [7, 11) is 0. The molecule has 18 heavy (non-hydrogen) atoms. The van der Waals surface area contributed by atoms with Crippen molar-refractivity contribution in [1.82, 2.24) is 14.8 Å². The highest BCUT2D eigenvalue weighted by Gasteiger charge is 2.07. The molecule has 0 aliphatic rings. The number of carboxylic acids is 1. The lowest BCUT2D eigenvalue weighted by atomic mass is 10.2. The Morgan fingerprint density at radius 3 is 2.83 bits per heavy atom. The maximum Gasteiger partial charge on any atom is 0.347 e. The smallest absolute Gasteiger partial charge is 0.347 e. The van der Waals surface area contributed by atoms with Crippen LogP contribution in [0.5, 0.6) is 0 Å². The predicted octanol–water partition coefficient (Wildman–Crippen LogP) is 0.798. The Morgan fingerprint density at radius 2 is 2.28 bits per heavy atom. The molecule has 2 rings (SSSR count). The number of hydrogen-bond donors (Lipinski definition) is 2. The average molecular weight is 249 g/mol. The van der Waals surface area contributed by atoms with Crippen molar-refractivity contribution in [1.29, 1.82) is 0 Å². The molecule has 6 nitrogen and oxygen atoms in total. The third kappa shape index (κ3) is 2.34. The number of hydrogen-bond acceptors (Lipinski definition) is 3. The monoisotopic (exact) mass is 249 g/mol. The van der Waals surface area contributed by atoms with Gasteiger partial charge in [-0.2, -0.15) is 5.10 Å². The number of nitrogens with zero attached hydrogens (tertiary/aromatic N) is 2. The van der Waals surface area contributed by atoms with Gasteiger partial charge in [0.2, 0.25) is 0 Å². The number of aromatic amines is 1. The summed E-state index contributed by atoms with van der Waals surface area (Å²) in [6.07, 6.45) is 3.32. The Kier molecular flexibility index (Phi) is 3.05. The number of carbonyl (C=O) groups is 1. The molecule has 0 bridgehead atoms. The fourth-order valence-electron chi connectivity index (χ4n) is 1.41. The Bertz CT molecular complexity index is 672. The van der Waals surface area contributed by atoms with Crippen molar-refractivity contribution in [2.45, 2.75) is 0 Å². The van der Waals surface area contributed by atoms with Crippen LogP contribution in [-0.4, -0.2) is 25.8 Å². The Hall–Kier alpha value is -2.70. The third-order valence-electron chi connectivity index (χ3n) is 2.20. The van der Waals surface area contributed by atoms with E-state index in [1.54, 1.807) is 0 Å². The van der Waals surface area contributed by atoms with Crippen molar-refractivity contribution < 1.29 is 14.3 Å². The van der Waals surface area contributed by atoms with E-state index < -0.39 is 17.5 Å². The van der Waals surface area contributed by atoms with Crippen LogP contribution in [0.2, 0.25) is 0 Å². The molecule has 0 aliphatic heterocycles. The largest absolute Gasteiger partial charge is 0.478 e. The van der Waals surface area contributed by atoms with E-state index in [9.17, 15) is 14.0 Å². The maximum atomic E-state index is 13.7. The molecule has 0 unspecified atom stereocenters. The topological polar surface area (TPSA) is 88.0 Å². The summed E-state index contributed by atoms with van der Waals surface area (Å²) in [6, 6.07) is 4.00. The van der Waals surface area contributed by atoms with Crippen molar-refractivity contribution in [3.05, 3.63) is 52.5 Å². The summed E-state index contributed by atoms with van der Waals surface area (Å²) in [5, 5.41) is 14.1. The molecule has 92 valence electrons. The van der Waals surface area contributed by atoms with Gasteiger partial charge >= 0.3 is 11.7 Å². The normalized spacial score (nSPS) is 10.9. The highest BCUT2D eigenvalue weighted by Crippen LogP contribution is 2.14. The Labute approximate surface area is 100 Å². The summed E-state index contributed by atoms with van der Waals surface area (Å²) in [4.78, 5) is 21.6. The summed E-state index contributed by atoms with van der Waals surface area (Å²) < 4.78 is 14.7. The summed E-state index contributed by atoms with van der Waals surface area (Å²) >= 11 is 0. The molecular formula is C11H8FN3O3. The molecule has 0 spiro atoms. The second-order valence-electron chi connectivity index (χ2n) is 3.41. The predicted molar refractivity (Wildman–Crippen MR) is 60.8 cm³/mol. The minimum absolute atomic E-state index is 0.0428. The molecular weight excluding hydrogens is 241 g/mol. The van der Waals surface area contributed by atoms with Gasteiger partial charge < -0.3 is 5.11 Å². The van der Waals surface area contributed by atoms with Crippen molar-refractivity contribution in [2.75, 3.05) is 0 Å². The van der Waals surface area contributed by atoms with Crippen LogP contribution in [-0.2, 0) is 4.79 Å². The minimum atomic E-state index is -1.12. The van der Waals surface area contributed by atoms with Gasteiger partial charge in [-0.3, -0.25) is 0 Å². The van der Waals surface area contributed by atoms with Gasteiger partial charge in [0, 0.05) is 6.08 Å². The zero-order valence-corrected chi connectivity index (χ0v) is 9.00. The average Bonchev–Trinajstić information content (AvgIpc) is 2.73. The fraction of sp³-hybridized carbons (Fsp3) is 0. The zero-order valence-electron chi connectivity index (χ0n) is 9.00. The van der Waals surface area contributed by atoms with Gasteiger partial charge in [-0.25, -0.2) is 23.6 Å². The molecule has 0 radical (unpaired) electrons.